The molecule has 0 fully saturated rings. The van der Waals surface area contributed by atoms with Gasteiger partial charge in [0.25, 0.3) is 0 Å². The standard InChI is InChI=1S/C16H14O.C11H24.C2H6/c1-17-16-11-13-7-3-2-6-12(13)10-14-8-4-5-9-15(14)16;1-5-11(4)9-7-6-8-10(2)3;1-2/h2-9,11H,10H2,1H3;10-11H,5-9H2,1-4H3;1-2H3/t;11-;/m.1./s1. The van der Waals surface area contributed by atoms with Crippen LogP contribution in [0.15, 0.2) is 48.5 Å². The van der Waals surface area contributed by atoms with Gasteiger partial charge in [0, 0.05) is 5.56 Å². The SMILES string of the molecule is CC.CC[C@@H](C)CCCCC(C)C.COC1=Cc2ccccc2Cc2ccccc21. The van der Waals surface area contributed by atoms with Crippen LogP contribution in [0.4, 0.5) is 0 Å². The first-order chi connectivity index (χ1) is 14.5. The van der Waals surface area contributed by atoms with Gasteiger partial charge in [-0.3, -0.25) is 0 Å². The maximum atomic E-state index is 5.52. The van der Waals surface area contributed by atoms with Crippen molar-refractivity contribution in [1.82, 2.24) is 0 Å². The second-order valence-electron chi connectivity index (χ2n) is 8.44. The average molecular weight is 409 g/mol. The van der Waals surface area contributed by atoms with Gasteiger partial charge in [-0.2, -0.15) is 0 Å². The molecule has 0 amide bonds. The molecule has 0 saturated carbocycles. The van der Waals surface area contributed by atoms with Crippen molar-refractivity contribution in [2.24, 2.45) is 11.8 Å². The van der Waals surface area contributed by atoms with E-state index < -0.39 is 0 Å². The number of methoxy groups -OCH3 is 1. The van der Waals surface area contributed by atoms with Crippen LogP contribution in [0.2, 0.25) is 0 Å². The third kappa shape index (κ3) is 8.78. The normalized spacial score (nSPS) is 12.7. The van der Waals surface area contributed by atoms with Crippen molar-refractivity contribution >= 4 is 11.8 Å². The van der Waals surface area contributed by atoms with Crippen molar-refractivity contribution in [2.45, 2.75) is 80.1 Å². The van der Waals surface area contributed by atoms with Gasteiger partial charge in [0.05, 0.1) is 7.11 Å². The summed E-state index contributed by atoms with van der Waals surface area (Å²) in [6, 6.07) is 16.9. The molecule has 3 rings (SSSR count). The molecule has 1 atom stereocenters. The molecule has 0 aliphatic heterocycles. The molecule has 0 unspecified atom stereocenters. The zero-order chi connectivity index (χ0) is 22.4. The summed E-state index contributed by atoms with van der Waals surface area (Å²) in [5.74, 6) is 2.79. The number of fused-ring (bicyclic) bond motifs is 2. The van der Waals surface area contributed by atoms with Crippen molar-refractivity contribution < 1.29 is 4.74 Å². The molecule has 0 radical (unpaired) electrons. The lowest BCUT2D eigenvalue weighted by atomic mass is 9.98. The fourth-order valence-corrected chi connectivity index (χ4v) is 3.59. The highest BCUT2D eigenvalue weighted by Gasteiger charge is 2.14. The van der Waals surface area contributed by atoms with E-state index in [1.54, 1.807) is 7.11 Å². The highest BCUT2D eigenvalue weighted by atomic mass is 16.5. The Kier molecular flexibility index (Phi) is 12.9. The quantitative estimate of drug-likeness (QED) is 0.415. The fourth-order valence-electron chi connectivity index (χ4n) is 3.59. The Labute approximate surface area is 186 Å². The Morgan fingerprint density at radius 3 is 2.07 bits per heavy atom. The van der Waals surface area contributed by atoms with Gasteiger partial charge < -0.3 is 4.74 Å². The van der Waals surface area contributed by atoms with E-state index in [2.05, 4.69) is 82.3 Å². The summed E-state index contributed by atoms with van der Waals surface area (Å²) < 4.78 is 5.52. The van der Waals surface area contributed by atoms with Gasteiger partial charge in [-0.1, -0.05) is 122 Å². The van der Waals surface area contributed by atoms with Crippen molar-refractivity contribution in [3.63, 3.8) is 0 Å². The highest BCUT2D eigenvalue weighted by molar-refractivity contribution is 5.81. The first-order valence-corrected chi connectivity index (χ1v) is 12.0. The largest absolute Gasteiger partial charge is 0.496 e. The molecule has 0 spiro atoms. The van der Waals surface area contributed by atoms with Gasteiger partial charge in [0.15, 0.2) is 0 Å². The van der Waals surface area contributed by atoms with Crippen LogP contribution >= 0.6 is 0 Å². The van der Waals surface area contributed by atoms with Gasteiger partial charge in [-0.25, -0.2) is 0 Å². The molecule has 1 heteroatoms. The van der Waals surface area contributed by atoms with Gasteiger partial charge in [0.1, 0.15) is 5.76 Å². The Hall–Kier alpha value is -2.02. The molecule has 0 aromatic heterocycles. The molecule has 166 valence electrons. The third-order valence-corrected chi connectivity index (χ3v) is 5.65. The summed E-state index contributed by atoms with van der Waals surface area (Å²) in [5, 5.41) is 0. The average Bonchev–Trinajstić information content (AvgIpc) is 2.94. The maximum absolute atomic E-state index is 5.52. The first kappa shape index (κ1) is 26.0. The van der Waals surface area contributed by atoms with Crippen LogP contribution in [0.25, 0.3) is 11.8 Å². The number of benzene rings is 2. The molecule has 0 saturated heterocycles. The van der Waals surface area contributed by atoms with Crippen LogP contribution in [0.3, 0.4) is 0 Å². The molecular weight excluding hydrogens is 364 g/mol. The number of ether oxygens (including phenoxy) is 1. The molecule has 1 aliphatic carbocycles. The van der Waals surface area contributed by atoms with E-state index in [0.29, 0.717) is 0 Å². The van der Waals surface area contributed by atoms with Crippen LogP contribution < -0.4 is 0 Å². The smallest absolute Gasteiger partial charge is 0.126 e. The monoisotopic (exact) mass is 408 g/mol. The predicted octanol–water partition coefficient (Wildman–Crippen LogP) is 9.01. The lowest BCUT2D eigenvalue weighted by Gasteiger charge is -2.08. The fraction of sp³-hybridized carbons (Fsp3) is 0.517. The first-order valence-electron chi connectivity index (χ1n) is 12.0. The van der Waals surface area contributed by atoms with Gasteiger partial charge >= 0.3 is 0 Å². The Morgan fingerprint density at radius 2 is 1.43 bits per heavy atom. The number of hydrogen-bond donors (Lipinski definition) is 0. The van der Waals surface area contributed by atoms with Crippen LogP contribution in [0.5, 0.6) is 0 Å². The summed E-state index contributed by atoms with van der Waals surface area (Å²) in [4.78, 5) is 0. The minimum absolute atomic E-state index is 0.895. The van der Waals surface area contributed by atoms with Gasteiger partial charge in [0.2, 0.25) is 0 Å². The predicted molar refractivity (Wildman–Crippen MR) is 135 cm³/mol. The van der Waals surface area contributed by atoms with Crippen LogP contribution in [0.1, 0.15) is 95.9 Å². The minimum atomic E-state index is 0.895. The molecule has 2 aromatic carbocycles. The van der Waals surface area contributed by atoms with Crippen molar-refractivity contribution in [2.75, 3.05) is 7.11 Å². The highest BCUT2D eigenvalue weighted by Crippen LogP contribution is 2.30. The van der Waals surface area contributed by atoms with E-state index in [0.717, 1.165) is 24.0 Å². The van der Waals surface area contributed by atoms with Crippen molar-refractivity contribution in [1.29, 1.82) is 0 Å². The second kappa shape index (κ2) is 14.9. The van der Waals surface area contributed by atoms with E-state index in [-0.39, 0.29) is 0 Å². The summed E-state index contributed by atoms with van der Waals surface area (Å²) in [6.07, 6.45) is 10.2. The Morgan fingerprint density at radius 1 is 0.833 bits per heavy atom. The molecule has 0 bridgehead atoms. The van der Waals surface area contributed by atoms with E-state index >= 15 is 0 Å². The molecule has 2 aromatic rings. The number of hydrogen-bond acceptors (Lipinski definition) is 1. The van der Waals surface area contributed by atoms with Crippen LogP contribution in [-0.4, -0.2) is 7.11 Å². The lowest BCUT2D eigenvalue weighted by molar-refractivity contribution is 0.372. The summed E-state index contributed by atoms with van der Waals surface area (Å²) in [6.45, 7) is 13.3. The molecule has 1 nitrogen and oxygen atoms in total. The van der Waals surface area contributed by atoms with Crippen LogP contribution in [0, 0.1) is 11.8 Å². The van der Waals surface area contributed by atoms with E-state index in [1.165, 1.54) is 54.4 Å². The summed E-state index contributed by atoms with van der Waals surface area (Å²) in [5.41, 5.74) is 5.13. The molecular formula is C29H44O. The van der Waals surface area contributed by atoms with Crippen molar-refractivity contribution in [3.05, 3.63) is 70.8 Å². The third-order valence-electron chi connectivity index (χ3n) is 5.65. The zero-order valence-electron chi connectivity index (χ0n) is 20.5. The van der Waals surface area contributed by atoms with Gasteiger partial charge in [-0.05, 0) is 41.0 Å². The van der Waals surface area contributed by atoms with Crippen LogP contribution in [-0.2, 0) is 11.2 Å². The maximum Gasteiger partial charge on any atom is 0.126 e. The Bertz CT molecular complexity index is 742. The van der Waals surface area contributed by atoms with E-state index in [4.69, 9.17) is 4.74 Å². The van der Waals surface area contributed by atoms with E-state index in [1.807, 2.05) is 13.8 Å². The lowest BCUT2D eigenvalue weighted by Crippen LogP contribution is -1.93. The molecule has 0 heterocycles. The van der Waals surface area contributed by atoms with Crippen molar-refractivity contribution in [3.8, 4) is 0 Å². The topological polar surface area (TPSA) is 9.23 Å². The second-order valence-corrected chi connectivity index (χ2v) is 8.44. The molecule has 0 N–H and O–H groups in total. The summed E-state index contributed by atoms with van der Waals surface area (Å²) in [7, 11) is 1.73. The molecule has 30 heavy (non-hydrogen) atoms. The number of rotatable bonds is 7. The Balaban J connectivity index is 0.000000304. The van der Waals surface area contributed by atoms with E-state index in [9.17, 15) is 0 Å². The summed E-state index contributed by atoms with van der Waals surface area (Å²) >= 11 is 0. The minimum Gasteiger partial charge on any atom is -0.496 e. The van der Waals surface area contributed by atoms with Gasteiger partial charge in [-0.15, -0.1) is 0 Å². The zero-order valence-corrected chi connectivity index (χ0v) is 20.5. The number of unbranched alkanes of at least 4 members (excludes halogenated alkanes) is 1. The molecule has 1 aliphatic rings.